The molecule has 4 saturated carbocycles. The van der Waals surface area contributed by atoms with Gasteiger partial charge in [0.1, 0.15) is 18.1 Å². The van der Waals surface area contributed by atoms with Crippen LogP contribution in [0.2, 0.25) is 0 Å². The predicted molar refractivity (Wildman–Crippen MR) is 138 cm³/mol. The fourth-order valence-electron chi connectivity index (χ4n) is 6.90. The highest BCUT2D eigenvalue weighted by atomic mass is 127. The van der Waals surface area contributed by atoms with Crippen molar-refractivity contribution < 1.29 is 19.0 Å². The molecule has 4 aliphatic rings. The Balaban J connectivity index is 1.34. The van der Waals surface area contributed by atoms with Gasteiger partial charge in [0.25, 0.3) is 0 Å². The number of benzene rings is 2. The first-order chi connectivity index (χ1) is 15.9. The Morgan fingerprint density at radius 3 is 2.18 bits per heavy atom. The quantitative estimate of drug-likeness (QED) is 0.282. The highest BCUT2D eigenvalue weighted by Gasteiger charge is 2.52. The number of hydrogen-bond donors (Lipinski definition) is 0. The molecule has 2 aromatic rings. The third kappa shape index (κ3) is 4.29. The summed E-state index contributed by atoms with van der Waals surface area (Å²) in [7, 11) is 3.16. The second kappa shape index (κ2) is 8.97. The van der Waals surface area contributed by atoms with Gasteiger partial charge in [-0.1, -0.05) is 18.7 Å². The van der Waals surface area contributed by atoms with Crippen molar-refractivity contribution >= 4 is 34.1 Å². The first-order valence-electron chi connectivity index (χ1n) is 11.8. The number of carbonyl (C=O) groups excluding carboxylic acids is 1. The summed E-state index contributed by atoms with van der Waals surface area (Å²) >= 11 is 2.21. The zero-order valence-corrected chi connectivity index (χ0v) is 21.5. The molecule has 4 nitrogen and oxygen atoms in total. The Kier molecular flexibility index (Phi) is 6.19. The van der Waals surface area contributed by atoms with Gasteiger partial charge in [0, 0.05) is 5.56 Å². The van der Waals surface area contributed by atoms with E-state index in [0.29, 0.717) is 23.3 Å². The SMILES string of the molecule is C=C(COc1cc(C(=O)OC)ccc1I)c1ccc(C23CC4CC(CC(C4)C2)C3)c(OC)c1. The summed E-state index contributed by atoms with van der Waals surface area (Å²) in [4.78, 5) is 11.9. The number of esters is 1. The average molecular weight is 558 g/mol. The lowest BCUT2D eigenvalue weighted by atomic mass is 9.48. The minimum Gasteiger partial charge on any atom is -0.496 e. The van der Waals surface area contributed by atoms with Gasteiger partial charge in [-0.15, -0.1) is 0 Å². The van der Waals surface area contributed by atoms with Crippen LogP contribution < -0.4 is 9.47 Å². The summed E-state index contributed by atoms with van der Waals surface area (Å²) in [6, 6.07) is 11.9. The van der Waals surface area contributed by atoms with Gasteiger partial charge in [-0.3, -0.25) is 0 Å². The van der Waals surface area contributed by atoms with Crippen LogP contribution >= 0.6 is 22.6 Å². The minimum absolute atomic E-state index is 0.293. The molecule has 0 atom stereocenters. The van der Waals surface area contributed by atoms with E-state index in [1.165, 1.54) is 51.2 Å². The Morgan fingerprint density at radius 1 is 0.970 bits per heavy atom. The summed E-state index contributed by atoms with van der Waals surface area (Å²) in [5.41, 5.74) is 4.06. The Morgan fingerprint density at radius 2 is 1.58 bits per heavy atom. The Hall–Kier alpha value is -2.02. The van der Waals surface area contributed by atoms with Crippen LogP contribution in [0.3, 0.4) is 0 Å². The number of methoxy groups -OCH3 is 2. The molecule has 0 aliphatic heterocycles. The van der Waals surface area contributed by atoms with E-state index in [4.69, 9.17) is 14.2 Å². The van der Waals surface area contributed by atoms with E-state index in [-0.39, 0.29) is 5.97 Å². The number of ether oxygens (including phenoxy) is 3. The van der Waals surface area contributed by atoms with Crippen molar-refractivity contribution in [2.45, 2.75) is 43.9 Å². The van der Waals surface area contributed by atoms with Crippen LogP contribution in [0.15, 0.2) is 43.0 Å². The minimum atomic E-state index is -0.375. The largest absolute Gasteiger partial charge is 0.496 e. The second-order valence-electron chi connectivity index (χ2n) is 10.1. The molecule has 0 spiro atoms. The molecule has 0 unspecified atom stereocenters. The highest BCUT2D eigenvalue weighted by molar-refractivity contribution is 14.1. The van der Waals surface area contributed by atoms with Gasteiger partial charge in [-0.2, -0.15) is 0 Å². The van der Waals surface area contributed by atoms with E-state index in [1.54, 1.807) is 19.2 Å². The topological polar surface area (TPSA) is 44.8 Å². The third-order valence-electron chi connectivity index (χ3n) is 7.97. The molecule has 33 heavy (non-hydrogen) atoms. The predicted octanol–water partition coefficient (Wildman–Crippen LogP) is 6.65. The summed E-state index contributed by atoms with van der Waals surface area (Å²) < 4.78 is 17.7. The van der Waals surface area contributed by atoms with Crippen LogP contribution in [0, 0.1) is 21.3 Å². The molecule has 4 aliphatic carbocycles. The molecule has 2 aromatic carbocycles. The number of rotatable bonds is 7. The smallest absolute Gasteiger partial charge is 0.337 e. The van der Waals surface area contributed by atoms with Crippen LogP contribution in [0.4, 0.5) is 0 Å². The Bertz CT molecular complexity index is 1050. The van der Waals surface area contributed by atoms with E-state index in [9.17, 15) is 4.79 Å². The van der Waals surface area contributed by atoms with Gasteiger partial charge < -0.3 is 14.2 Å². The van der Waals surface area contributed by atoms with Crippen LogP contribution in [0.1, 0.15) is 60.0 Å². The highest BCUT2D eigenvalue weighted by Crippen LogP contribution is 2.61. The molecule has 0 saturated heterocycles. The van der Waals surface area contributed by atoms with Crippen molar-refractivity contribution in [3.8, 4) is 11.5 Å². The Labute approximate surface area is 209 Å². The lowest BCUT2D eigenvalue weighted by Gasteiger charge is -2.57. The normalized spacial score (nSPS) is 27.3. The van der Waals surface area contributed by atoms with Gasteiger partial charge in [0.05, 0.1) is 23.4 Å². The maximum absolute atomic E-state index is 11.9. The van der Waals surface area contributed by atoms with Crippen molar-refractivity contribution in [3.63, 3.8) is 0 Å². The molecule has 0 N–H and O–H groups in total. The zero-order chi connectivity index (χ0) is 23.2. The lowest BCUT2D eigenvalue weighted by Crippen LogP contribution is -2.48. The van der Waals surface area contributed by atoms with Crippen molar-refractivity contribution in [1.29, 1.82) is 0 Å². The number of hydrogen-bond acceptors (Lipinski definition) is 4. The molecule has 0 heterocycles. The van der Waals surface area contributed by atoms with Crippen molar-refractivity contribution in [3.05, 3.63) is 63.2 Å². The number of halogens is 1. The van der Waals surface area contributed by atoms with Crippen LogP contribution in [0.5, 0.6) is 11.5 Å². The van der Waals surface area contributed by atoms with Gasteiger partial charge >= 0.3 is 5.97 Å². The second-order valence-corrected chi connectivity index (χ2v) is 11.3. The molecule has 174 valence electrons. The molecule has 4 bridgehead atoms. The summed E-state index contributed by atoms with van der Waals surface area (Å²) in [5.74, 6) is 3.95. The van der Waals surface area contributed by atoms with Crippen molar-refractivity contribution in [1.82, 2.24) is 0 Å². The van der Waals surface area contributed by atoms with Crippen molar-refractivity contribution in [2.75, 3.05) is 20.8 Å². The lowest BCUT2D eigenvalue weighted by molar-refractivity contribution is -0.00615. The number of carbonyl (C=O) groups is 1. The summed E-state index contributed by atoms with van der Waals surface area (Å²) in [5, 5.41) is 0. The summed E-state index contributed by atoms with van der Waals surface area (Å²) in [6.07, 6.45) is 8.24. The van der Waals surface area contributed by atoms with E-state index in [1.807, 2.05) is 6.07 Å². The van der Waals surface area contributed by atoms with Gasteiger partial charge in [0.15, 0.2) is 0 Å². The fraction of sp³-hybridized carbons (Fsp3) is 0.464. The maximum atomic E-state index is 11.9. The van der Waals surface area contributed by atoms with Gasteiger partial charge in [0.2, 0.25) is 0 Å². The van der Waals surface area contributed by atoms with Crippen LogP contribution in [-0.4, -0.2) is 26.8 Å². The zero-order valence-electron chi connectivity index (χ0n) is 19.4. The molecule has 5 heteroatoms. The monoisotopic (exact) mass is 558 g/mol. The molecular formula is C28H31IO4. The van der Waals surface area contributed by atoms with Crippen LogP contribution in [0.25, 0.3) is 5.57 Å². The van der Waals surface area contributed by atoms with Gasteiger partial charge in [-0.25, -0.2) is 4.79 Å². The van der Waals surface area contributed by atoms with Gasteiger partial charge in [-0.05, 0) is 120 Å². The molecule has 0 aromatic heterocycles. The third-order valence-corrected chi connectivity index (χ3v) is 8.86. The fourth-order valence-corrected chi connectivity index (χ4v) is 7.39. The molecule has 4 fully saturated rings. The van der Waals surface area contributed by atoms with E-state index < -0.39 is 0 Å². The first kappa shape index (κ1) is 22.8. The molecule has 0 radical (unpaired) electrons. The average Bonchev–Trinajstić information content (AvgIpc) is 2.81. The van der Waals surface area contributed by atoms with Crippen LogP contribution in [-0.2, 0) is 10.2 Å². The molecule has 0 amide bonds. The van der Waals surface area contributed by atoms with E-state index in [2.05, 4.69) is 47.4 Å². The van der Waals surface area contributed by atoms with Crippen molar-refractivity contribution in [2.24, 2.45) is 17.8 Å². The standard InChI is InChI=1S/C28H31IO4/c1-17(16-33-26-12-22(27(30)32-3)5-7-24(26)29)21-4-6-23(25(11-21)31-2)28-13-18-8-19(14-28)10-20(9-18)15-28/h4-7,11-12,18-20H,1,8-10,13-16H2,2-3H3. The first-order valence-corrected chi connectivity index (χ1v) is 12.9. The van der Waals surface area contributed by atoms with E-state index in [0.717, 1.165) is 38.2 Å². The summed E-state index contributed by atoms with van der Waals surface area (Å²) in [6.45, 7) is 4.60. The maximum Gasteiger partial charge on any atom is 0.337 e. The molecular weight excluding hydrogens is 527 g/mol. The molecule has 6 rings (SSSR count). The van der Waals surface area contributed by atoms with E-state index >= 15 is 0 Å².